The van der Waals surface area contributed by atoms with Gasteiger partial charge in [-0.05, 0) is 31.0 Å². The van der Waals surface area contributed by atoms with Crippen molar-refractivity contribution in [3.05, 3.63) is 57.1 Å². The average molecular weight is 571 g/mol. The van der Waals surface area contributed by atoms with Crippen molar-refractivity contribution >= 4 is 40.4 Å². The zero-order valence-corrected chi connectivity index (χ0v) is 19.8. The highest BCUT2D eigenvalue weighted by Gasteiger charge is 2.73. The van der Waals surface area contributed by atoms with Crippen molar-refractivity contribution < 1.29 is 35.5 Å². The van der Waals surface area contributed by atoms with Gasteiger partial charge in [0.05, 0.1) is 27.9 Å². The summed E-state index contributed by atoms with van der Waals surface area (Å²) in [6, 6.07) is 3.95. The number of aromatic nitrogens is 2. The third-order valence-corrected chi connectivity index (χ3v) is 7.03. The second kappa shape index (κ2) is 8.64. The van der Waals surface area contributed by atoms with Crippen molar-refractivity contribution in [3.8, 4) is 22.2 Å². The number of nitrogens with one attached hydrogen (secondary N) is 1. The molecule has 1 fully saturated rings. The summed E-state index contributed by atoms with van der Waals surface area (Å²) < 4.78 is 94.0. The topological polar surface area (TPSA) is 70.7 Å². The number of hydrogen-bond donors (Lipinski definition) is 1. The van der Waals surface area contributed by atoms with E-state index in [9.17, 15) is 35.5 Å². The van der Waals surface area contributed by atoms with Crippen LogP contribution in [0.15, 0.2) is 36.0 Å². The van der Waals surface area contributed by atoms with Crippen molar-refractivity contribution in [2.24, 2.45) is 0 Å². The summed E-state index contributed by atoms with van der Waals surface area (Å²) >= 11 is 13.0. The largest absolute Gasteiger partial charge is 0.435 e. The lowest BCUT2D eigenvalue weighted by atomic mass is 9.94. The van der Waals surface area contributed by atoms with Gasteiger partial charge in [-0.15, -0.1) is 11.3 Å². The molecule has 0 spiro atoms. The number of benzene rings is 1. The molecule has 36 heavy (non-hydrogen) atoms. The van der Waals surface area contributed by atoms with E-state index in [0.29, 0.717) is 23.3 Å². The Balaban J connectivity index is 1.65. The predicted octanol–water partition coefficient (Wildman–Crippen LogP) is 6.98. The molecule has 0 bridgehead atoms. The molecule has 0 saturated heterocycles. The van der Waals surface area contributed by atoms with Crippen LogP contribution in [0, 0.1) is 11.3 Å². The molecule has 0 atom stereocenters. The number of rotatable bonds is 5. The lowest BCUT2D eigenvalue weighted by molar-refractivity contribution is -0.348. The van der Waals surface area contributed by atoms with Crippen molar-refractivity contribution in [3.63, 3.8) is 0 Å². The Bertz CT molecular complexity index is 1350. The van der Waals surface area contributed by atoms with Gasteiger partial charge in [-0.1, -0.05) is 23.2 Å². The van der Waals surface area contributed by atoms with Crippen molar-refractivity contribution in [2.45, 2.75) is 36.4 Å². The second-order valence-corrected chi connectivity index (χ2v) is 9.69. The van der Waals surface area contributed by atoms with E-state index in [2.05, 4.69) is 10.4 Å². The maximum atomic E-state index is 14.4. The zero-order chi connectivity index (χ0) is 26.7. The molecule has 1 N–H and O–H groups in total. The lowest BCUT2D eigenvalue weighted by Crippen LogP contribution is -2.50. The van der Waals surface area contributed by atoms with Gasteiger partial charge in [0.15, 0.2) is 0 Å². The van der Waals surface area contributed by atoms with Crippen LogP contribution in [-0.2, 0) is 5.67 Å². The zero-order valence-electron chi connectivity index (χ0n) is 17.4. The van der Waals surface area contributed by atoms with Gasteiger partial charge in [0, 0.05) is 27.6 Å². The summed E-state index contributed by atoms with van der Waals surface area (Å²) in [5.74, 6) is -0.449. The average Bonchev–Trinajstić information content (AvgIpc) is 3.15. The van der Waals surface area contributed by atoms with Crippen LogP contribution in [-0.4, -0.2) is 33.6 Å². The smallest absolute Gasteiger partial charge is 0.334 e. The number of nitrogens with zero attached hydrogens (tertiary/aromatic N) is 3. The first-order valence-electron chi connectivity index (χ1n) is 9.81. The molecule has 0 unspecified atom stereocenters. The van der Waals surface area contributed by atoms with Crippen molar-refractivity contribution in [1.29, 1.82) is 5.26 Å². The van der Waals surface area contributed by atoms with Gasteiger partial charge in [-0.3, -0.25) is 4.79 Å². The minimum Gasteiger partial charge on any atom is -0.334 e. The highest BCUT2D eigenvalue weighted by molar-refractivity contribution is 7.13. The molecular weight excluding hydrogens is 560 g/mol. The number of carbonyl (C=O) groups is 1. The monoisotopic (exact) mass is 570 g/mol. The number of amides is 1. The van der Waals surface area contributed by atoms with Gasteiger partial charge in [-0.2, -0.15) is 36.7 Å². The molecule has 1 saturated carbocycles. The summed E-state index contributed by atoms with van der Waals surface area (Å²) in [5, 5.41) is 15.9. The first-order chi connectivity index (χ1) is 16.6. The van der Waals surface area contributed by atoms with Crippen LogP contribution in [0.4, 0.5) is 30.7 Å². The third-order valence-electron chi connectivity index (χ3n) is 5.47. The molecule has 3 aromatic rings. The maximum Gasteiger partial charge on any atom is 0.435 e. The highest BCUT2D eigenvalue weighted by Crippen LogP contribution is 2.54. The van der Waals surface area contributed by atoms with E-state index in [1.54, 1.807) is 5.38 Å². The Hall–Kier alpha value is -2.82. The minimum atomic E-state index is -6.33. The van der Waals surface area contributed by atoms with Gasteiger partial charge >= 0.3 is 18.0 Å². The predicted molar refractivity (Wildman–Crippen MR) is 117 cm³/mol. The van der Waals surface area contributed by atoms with Crippen LogP contribution in [0.2, 0.25) is 10.0 Å². The summed E-state index contributed by atoms with van der Waals surface area (Å²) in [4.78, 5) is 12.9. The fourth-order valence-electron chi connectivity index (χ4n) is 3.33. The Morgan fingerprint density at radius 2 is 1.67 bits per heavy atom. The summed E-state index contributed by atoms with van der Waals surface area (Å²) in [6.07, 6.45) is -8.92. The number of halogens is 9. The van der Waals surface area contributed by atoms with Crippen LogP contribution in [0.1, 0.15) is 28.8 Å². The number of hydrogen-bond acceptors (Lipinski definition) is 4. The first-order valence-corrected chi connectivity index (χ1v) is 11.4. The normalized spacial score (nSPS) is 15.4. The molecule has 0 aliphatic heterocycles. The van der Waals surface area contributed by atoms with E-state index >= 15 is 0 Å². The summed E-state index contributed by atoms with van der Waals surface area (Å²) in [5.41, 5.74) is -7.96. The first kappa shape index (κ1) is 26.2. The number of carbonyl (C=O) groups excluding carboxylic acids is 1. The fourth-order valence-corrected chi connectivity index (χ4v) is 4.86. The van der Waals surface area contributed by atoms with Crippen LogP contribution in [0.5, 0.6) is 0 Å². The molecule has 0 radical (unpaired) electrons. The summed E-state index contributed by atoms with van der Waals surface area (Å²) in [7, 11) is 0. The molecule has 1 amide bonds. The van der Waals surface area contributed by atoms with Gasteiger partial charge < -0.3 is 5.32 Å². The van der Waals surface area contributed by atoms with E-state index in [1.165, 1.54) is 18.5 Å². The van der Waals surface area contributed by atoms with Crippen molar-refractivity contribution in [1.82, 2.24) is 15.1 Å². The van der Waals surface area contributed by atoms with Gasteiger partial charge in [-0.25, -0.2) is 9.07 Å². The Labute approximate surface area is 212 Å². The van der Waals surface area contributed by atoms with E-state index in [1.807, 2.05) is 6.07 Å². The Morgan fingerprint density at radius 1 is 1.08 bits per heavy atom. The lowest BCUT2D eigenvalue weighted by Gasteiger charge is -2.30. The van der Waals surface area contributed by atoms with E-state index in [4.69, 9.17) is 28.5 Å². The molecule has 2 heterocycles. The standard InChI is InChI=1S/C21H11Cl2F7N4OS/c22-13-4-12(19(24,20(25,26)27)21(28,29)30)5-14(23)16(13)34-7-11(6-32-34)15-3-10(8-36-15)17(35)33-18(9-31)1-2-18/h3-8H,1-2H2,(H,33,35). The Morgan fingerprint density at radius 3 is 2.17 bits per heavy atom. The van der Waals surface area contributed by atoms with E-state index in [-0.39, 0.29) is 23.4 Å². The van der Waals surface area contributed by atoms with E-state index in [0.717, 1.165) is 16.0 Å². The van der Waals surface area contributed by atoms with Crippen LogP contribution >= 0.6 is 34.5 Å². The molecule has 1 aliphatic rings. The van der Waals surface area contributed by atoms with Gasteiger partial charge in [0.1, 0.15) is 11.2 Å². The second-order valence-electron chi connectivity index (χ2n) is 7.96. The van der Waals surface area contributed by atoms with Crippen LogP contribution < -0.4 is 5.32 Å². The fraction of sp³-hybridized carbons (Fsp3) is 0.286. The van der Waals surface area contributed by atoms with Crippen LogP contribution in [0.25, 0.3) is 16.1 Å². The molecule has 190 valence electrons. The van der Waals surface area contributed by atoms with Crippen molar-refractivity contribution in [2.75, 3.05) is 0 Å². The number of nitriles is 1. The molecular formula is C21H11Cl2F7N4OS. The third kappa shape index (κ3) is 4.42. The maximum absolute atomic E-state index is 14.4. The highest BCUT2D eigenvalue weighted by atomic mass is 35.5. The number of alkyl halides is 7. The van der Waals surface area contributed by atoms with Crippen LogP contribution in [0.3, 0.4) is 0 Å². The van der Waals surface area contributed by atoms with Gasteiger partial charge in [0.2, 0.25) is 0 Å². The van der Waals surface area contributed by atoms with E-state index < -0.39 is 45.1 Å². The molecule has 4 rings (SSSR count). The molecule has 2 aromatic heterocycles. The molecule has 15 heteroatoms. The number of thiophene rings is 1. The molecule has 1 aliphatic carbocycles. The summed E-state index contributed by atoms with van der Waals surface area (Å²) in [6.45, 7) is 0. The van der Waals surface area contributed by atoms with Gasteiger partial charge in [0.25, 0.3) is 5.91 Å². The molecule has 1 aromatic carbocycles. The SMILES string of the molecule is N#CC1(NC(=O)c2csc(-c3cnn(-c4c(Cl)cc(C(F)(C(F)(F)F)C(F)(F)F)cc4Cl)c3)c2)CC1. The minimum absolute atomic E-state index is 0.196. The molecule has 5 nitrogen and oxygen atoms in total. The quantitative estimate of drug-likeness (QED) is 0.336. The Kier molecular flexibility index (Phi) is 6.30.